The molecule has 0 saturated carbocycles. The molecule has 1 aromatic carbocycles. The molecule has 3 nitrogen and oxygen atoms in total. The third kappa shape index (κ3) is 3.51. The molecule has 3 heteroatoms. The third-order valence-corrected chi connectivity index (χ3v) is 2.28. The second-order valence-electron chi connectivity index (χ2n) is 3.57. The summed E-state index contributed by atoms with van der Waals surface area (Å²) in [5, 5.41) is 0. The van der Waals surface area contributed by atoms with Gasteiger partial charge in [-0.05, 0) is 11.1 Å². The summed E-state index contributed by atoms with van der Waals surface area (Å²) in [5.74, 6) is -0.283. The minimum Gasteiger partial charge on any atom is -0.457 e. The van der Waals surface area contributed by atoms with Crippen molar-refractivity contribution in [2.24, 2.45) is 5.73 Å². The summed E-state index contributed by atoms with van der Waals surface area (Å²) in [6.07, 6.45) is 2.10. The highest BCUT2D eigenvalue weighted by molar-refractivity contribution is 5.66. The molecule has 2 N–H and O–H groups in total. The van der Waals surface area contributed by atoms with Crippen LogP contribution in [-0.2, 0) is 16.1 Å². The molecule has 0 aliphatic rings. The second kappa shape index (κ2) is 6.08. The molecule has 1 rings (SSSR count). The molecule has 0 bridgehead atoms. The van der Waals surface area contributed by atoms with Gasteiger partial charge in [-0.2, -0.15) is 0 Å². The van der Waals surface area contributed by atoms with Crippen LogP contribution in [0.4, 0.5) is 0 Å². The van der Waals surface area contributed by atoms with Gasteiger partial charge in [-0.15, -0.1) is 6.58 Å². The van der Waals surface area contributed by atoms with E-state index in [0.717, 1.165) is 11.1 Å². The maximum absolute atomic E-state index is 10.9. The van der Waals surface area contributed by atoms with Crippen LogP contribution in [0.1, 0.15) is 30.6 Å². The fraction of sp³-hybridized carbons (Fsp3) is 0.308. The lowest BCUT2D eigenvalue weighted by Crippen LogP contribution is -2.08. The van der Waals surface area contributed by atoms with E-state index in [9.17, 15) is 4.79 Å². The lowest BCUT2D eigenvalue weighted by Gasteiger charge is -2.15. The van der Waals surface area contributed by atoms with Crippen molar-refractivity contribution in [3.8, 4) is 0 Å². The fourth-order valence-corrected chi connectivity index (χ4v) is 1.47. The maximum atomic E-state index is 10.9. The summed E-state index contributed by atoms with van der Waals surface area (Å²) in [4.78, 5) is 10.9. The molecule has 1 atom stereocenters. The largest absolute Gasteiger partial charge is 0.457 e. The number of benzene rings is 1. The minimum atomic E-state index is -0.283. The standard InChI is InChI=1S/C13H17NO2/c1-3-4-13(16-10(2)15)12-7-5-11(9-14)6-8-12/h3,5-8,13H,1,4,9,14H2,2H3/t13-/m0/s1. The van der Waals surface area contributed by atoms with Crippen LogP contribution < -0.4 is 5.73 Å². The zero-order valence-corrected chi connectivity index (χ0v) is 9.48. The van der Waals surface area contributed by atoms with Gasteiger partial charge >= 0.3 is 5.97 Å². The number of hydrogen-bond donors (Lipinski definition) is 1. The normalized spacial score (nSPS) is 11.9. The second-order valence-corrected chi connectivity index (χ2v) is 3.57. The first-order valence-electron chi connectivity index (χ1n) is 5.24. The van der Waals surface area contributed by atoms with Crippen LogP contribution >= 0.6 is 0 Å². The highest BCUT2D eigenvalue weighted by Gasteiger charge is 2.12. The zero-order chi connectivity index (χ0) is 12.0. The van der Waals surface area contributed by atoms with Crippen molar-refractivity contribution in [3.63, 3.8) is 0 Å². The summed E-state index contributed by atoms with van der Waals surface area (Å²) >= 11 is 0. The van der Waals surface area contributed by atoms with E-state index in [0.29, 0.717) is 13.0 Å². The first kappa shape index (κ1) is 12.5. The lowest BCUT2D eigenvalue weighted by atomic mass is 10.0. The van der Waals surface area contributed by atoms with Gasteiger partial charge in [0.05, 0.1) is 0 Å². The van der Waals surface area contributed by atoms with Gasteiger partial charge < -0.3 is 10.5 Å². The first-order valence-corrected chi connectivity index (χ1v) is 5.24. The van der Waals surface area contributed by atoms with Crippen molar-refractivity contribution in [3.05, 3.63) is 48.0 Å². The van der Waals surface area contributed by atoms with Crippen LogP contribution in [0, 0.1) is 0 Å². The van der Waals surface area contributed by atoms with E-state index in [2.05, 4.69) is 6.58 Å². The Bertz CT molecular complexity index is 357. The smallest absolute Gasteiger partial charge is 0.303 e. The Hall–Kier alpha value is -1.61. The van der Waals surface area contributed by atoms with Gasteiger partial charge in [-0.25, -0.2) is 0 Å². The predicted molar refractivity (Wildman–Crippen MR) is 63.7 cm³/mol. The Balaban J connectivity index is 2.82. The molecule has 0 unspecified atom stereocenters. The molecule has 16 heavy (non-hydrogen) atoms. The summed E-state index contributed by atoms with van der Waals surface area (Å²) in [6, 6.07) is 7.74. The van der Waals surface area contributed by atoms with Crippen LogP contribution in [0.5, 0.6) is 0 Å². The van der Waals surface area contributed by atoms with Crippen molar-refractivity contribution in [1.82, 2.24) is 0 Å². The van der Waals surface area contributed by atoms with Gasteiger partial charge in [-0.1, -0.05) is 30.3 Å². The fourth-order valence-electron chi connectivity index (χ4n) is 1.47. The summed E-state index contributed by atoms with van der Waals surface area (Å²) in [7, 11) is 0. The zero-order valence-electron chi connectivity index (χ0n) is 9.48. The minimum absolute atomic E-state index is 0.248. The van der Waals surface area contributed by atoms with E-state index < -0.39 is 0 Å². The van der Waals surface area contributed by atoms with Crippen LogP contribution in [-0.4, -0.2) is 5.97 Å². The van der Waals surface area contributed by atoms with E-state index in [1.165, 1.54) is 6.92 Å². The van der Waals surface area contributed by atoms with Crippen LogP contribution in [0.25, 0.3) is 0 Å². The maximum Gasteiger partial charge on any atom is 0.303 e. The molecular weight excluding hydrogens is 202 g/mol. The number of esters is 1. The van der Waals surface area contributed by atoms with Gasteiger partial charge in [0.2, 0.25) is 0 Å². The molecule has 0 aromatic heterocycles. The van der Waals surface area contributed by atoms with Crippen molar-refractivity contribution in [1.29, 1.82) is 0 Å². The molecule has 1 aromatic rings. The van der Waals surface area contributed by atoms with Crippen LogP contribution in [0.15, 0.2) is 36.9 Å². The van der Waals surface area contributed by atoms with Crippen molar-refractivity contribution in [2.45, 2.75) is 26.0 Å². The Morgan fingerprint density at radius 3 is 2.56 bits per heavy atom. The molecule has 86 valence electrons. The van der Waals surface area contributed by atoms with E-state index >= 15 is 0 Å². The van der Waals surface area contributed by atoms with E-state index in [1.54, 1.807) is 6.08 Å². The quantitative estimate of drug-likeness (QED) is 0.610. The summed E-state index contributed by atoms with van der Waals surface area (Å²) in [6.45, 7) is 5.58. The molecule has 0 saturated heterocycles. The average molecular weight is 219 g/mol. The molecular formula is C13H17NO2. The van der Waals surface area contributed by atoms with Gasteiger partial charge in [-0.3, -0.25) is 4.79 Å². The number of nitrogens with two attached hydrogens (primary N) is 1. The molecule has 0 aliphatic carbocycles. The lowest BCUT2D eigenvalue weighted by molar-refractivity contribution is -0.146. The monoisotopic (exact) mass is 219 g/mol. The highest BCUT2D eigenvalue weighted by atomic mass is 16.5. The Morgan fingerprint density at radius 2 is 2.12 bits per heavy atom. The number of hydrogen-bond acceptors (Lipinski definition) is 3. The van der Waals surface area contributed by atoms with E-state index in [-0.39, 0.29) is 12.1 Å². The predicted octanol–water partition coefficient (Wildman–Crippen LogP) is 2.33. The van der Waals surface area contributed by atoms with Gasteiger partial charge in [0.15, 0.2) is 0 Å². The third-order valence-electron chi connectivity index (χ3n) is 2.28. The van der Waals surface area contributed by atoms with E-state index in [1.807, 2.05) is 24.3 Å². The molecule has 0 aliphatic heterocycles. The van der Waals surface area contributed by atoms with Crippen LogP contribution in [0.2, 0.25) is 0 Å². The van der Waals surface area contributed by atoms with E-state index in [4.69, 9.17) is 10.5 Å². The molecule has 0 heterocycles. The highest BCUT2D eigenvalue weighted by Crippen LogP contribution is 2.22. The average Bonchev–Trinajstić information content (AvgIpc) is 2.28. The first-order chi connectivity index (χ1) is 7.67. The Morgan fingerprint density at radius 1 is 1.50 bits per heavy atom. The van der Waals surface area contributed by atoms with Crippen molar-refractivity contribution >= 4 is 5.97 Å². The Kier molecular flexibility index (Phi) is 4.73. The summed E-state index contributed by atoms with van der Waals surface area (Å²) < 4.78 is 5.21. The number of ether oxygens (including phenoxy) is 1. The number of rotatable bonds is 5. The van der Waals surface area contributed by atoms with Crippen LogP contribution in [0.3, 0.4) is 0 Å². The Labute approximate surface area is 95.9 Å². The van der Waals surface area contributed by atoms with Gasteiger partial charge in [0, 0.05) is 19.9 Å². The molecule has 0 spiro atoms. The van der Waals surface area contributed by atoms with Gasteiger partial charge in [0.25, 0.3) is 0 Å². The summed E-state index contributed by atoms with van der Waals surface area (Å²) in [5.41, 5.74) is 7.54. The molecule has 0 amide bonds. The molecule has 0 radical (unpaired) electrons. The number of carbonyl (C=O) groups is 1. The van der Waals surface area contributed by atoms with Crippen molar-refractivity contribution in [2.75, 3.05) is 0 Å². The van der Waals surface area contributed by atoms with Crippen molar-refractivity contribution < 1.29 is 9.53 Å². The number of carbonyl (C=O) groups excluding carboxylic acids is 1. The molecule has 0 fully saturated rings. The van der Waals surface area contributed by atoms with Gasteiger partial charge in [0.1, 0.15) is 6.10 Å². The topological polar surface area (TPSA) is 52.3 Å². The SMILES string of the molecule is C=CC[C@H](OC(C)=O)c1ccc(CN)cc1.